The van der Waals surface area contributed by atoms with Crippen LogP contribution in [0.2, 0.25) is 0 Å². The SMILES string of the molecule is CCc1cccc(-c2ccccc2C(C#N)C(c2cccnc2)c2cccnc2)c1. The predicted octanol–water partition coefficient (Wildman–Crippen LogP) is 6.15. The number of nitriles is 1. The first-order valence-electron chi connectivity index (χ1n) is 10.2. The topological polar surface area (TPSA) is 49.6 Å². The van der Waals surface area contributed by atoms with E-state index in [9.17, 15) is 5.26 Å². The van der Waals surface area contributed by atoms with Gasteiger partial charge in [-0.25, -0.2) is 0 Å². The molecule has 4 rings (SSSR count). The van der Waals surface area contributed by atoms with Gasteiger partial charge >= 0.3 is 0 Å². The number of benzene rings is 2. The Balaban J connectivity index is 1.88. The van der Waals surface area contributed by atoms with Crippen LogP contribution >= 0.6 is 0 Å². The number of nitrogens with zero attached hydrogens (tertiary/aromatic N) is 3. The third-order valence-corrected chi connectivity index (χ3v) is 5.50. The first-order valence-corrected chi connectivity index (χ1v) is 10.2. The van der Waals surface area contributed by atoms with E-state index in [1.807, 2.05) is 48.8 Å². The largest absolute Gasteiger partial charge is 0.264 e. The molecule has 0 radical (unpaired) electrons. The summed E-state index contributed by atoms with van der Waals surface area (Å²) in [6.07, 6.45) is 8.20. The zero-order valence-electron chi connectivity index (χ0n) is 16.9. The molecule has 0 aliphatic heterocycles. The van der Waals surface area contributed by atoms with Crippen molar-refractivity contribution in [1.29, 1.82) is 5.26 Å². The van der Waals surface area contributed by atoms with E-state index >= 15 is 0 Å². The standard InChI is InChI=1S/C27H23N3/c1-2-20-8-5-9-21(16-20)24-12-3-4-13-25(24)26(17-28)27(22-10-6-14-29-18-22)23-11-7-15-30-19-23/h3-16,18-19,26-27H,2H2,1H3. The highest BCUT2D eigenvalue weighted by molar-refractivity contribution is 5.70. The number of hydrogen-bond acceptors (Lipinski definition) is 3. The Labute approximate surface area is 177 Å². The highest BCUT2D eigenvalue weighted by Crippen LogP contribution is 2.41. The van der Waals surface area contributed by atoms with Gasteiger partial charge in [0.25, 0.3) is 0 Å². The average Bonchev–Trinajstić information content (AvgIpc) is 2.83. The molecule has 0 fully saturated rings. The van der Waals surface area contributed by atoms with Crippen LogP contribution in [0.25, 0.3) is 11.1 Å². The molecule has 1 atom stereocenters. The molecular formula is C27H23N3. The van der Waals surface area contributed by atoms with Crippen LogP contribution in [-0.4, -0.2) is 9.97 Å². The normalized spacial score (nSPS) is 11.8. The van der Waals surface area contributed by atoms with Crippen LogP contribution in [0, 0.1) is 11.3 Å². The van der Waals surface area contributed by atoms with Crippen LogP contribution in [0.4, 0.5) is 0 Å². The molecule has 0 saturated heterocycles. The summed E-state index contributed by atoms with van der Waals surface area (Å²) in [5, 5.41) is 10.4. The van der Waals surface area contributed by atoms with Gasteiger partial charge in [0.05, 0.1) is 12.0 Å². The molecule has 0 aliphatic carbocycles. The van der Waals surface area contributed by atoms with Gasteiger partial charge in [-0.2, -0.15) is 5.26 Å². The second-order valence-corrected chi connectivity index (χ2v) is 7.30. The summed E-state index contributed by atoms with van der Waals surface area (Å²) in [6.45, 7) is 2.16. The van der Waals surface area contributed by atoms with Crippen LogP contribution in [-0.2, 0) is 6.42 Å². The van der Waals surface area contributed by atoms with Crippen molar-refractivity contribution in [3.8, 4) is 17.2 Å². The second kappa shape index (κ2) is 9.15. The van der Waals surface area contributed by atoms with Crippen molar-refractivity contribution < 1.29 is 0 Å². The molecule has 2 aromatic heterocycles. The van der Waals surface area contributed by atoms with Crippen molar-refractivity contribution in [1.82, 2.24) is 9.97 Å². The Bertz CT molecular complexity index is 1110. The average molecular weight is 390 g/mol. The number of hydrogen-bond donors (Lipinski definition) is 0. The lowest BCUT2D eigenvalue weighted by molar-refractivity contribution is 0.720. The molecule has 146 valence electrons. The van der Waals surface area contributed by atoms with Crippen molar-refractivity contribution in [3.63, 3.8) is 0 Å². The third-order valence-electron chi connectivity index (χ3n) is 5.50. The molecular weight excluding hydrogens is 366 g/mol. The maximum Gasteiger partial charge on any atom is 0.0828 e. The highest BCUT2D eigenvalue weighted by atomic mass is 14.6. The van der Waals surface area contributed by atoms with Gasteiger partial charge < -0.3 is 0 Å². The molecule has 1 unspecified atom stereocenters. The Kier molecular flexibility index (Phi) is 5.96. The van der Waals surface area contributed by atoms with E-state index < -0.39 is 0 Å². The molecule has 4 aromatic rings. The van der Waals surface area contributed by atoms with Gasteiger partial charge in [-0.05, 0) is 51.9 Å². The number of rotatable bonds is 6. The van der Waals surface area contributed by atoms with Crippen molar-refractivity contribution in [3.05, 3.63) is 120 Å². The molecule has 3 nitrogen and oxygen atoms in total. The van der Waals surface area contributed by atoms with Gasteiger partial charge in [0, 0.05) is 30.7 Å². The van der Waals surface area contributed by atoms with E-state index in [4.69, 9.17) is 0 Å². The van der Waals surface area contributed by atoms with Crippen molar-refractivity contribution in [2.45, 2.75) is 25.2 Å². The molecule has 0 amide bonds. The van der Waals surface area contributed by atoms with Crippen molar-refractivity contribution in [2.75, 3.05) is 0 Å². The lowest BCUT2D eigenvalue weighted by atomic mass is 9.76. The quantitative estimate of drug-likeness (QED) is 0.398. The fourth-order valence-electron chi connectivity index (χ4n) is 4.01. The van der Waals surface area contributed by atoms with E-state index in [1.165, 1.54) is 5.56 Å². The zero-order valence-corrected chi connectivity index (χ0v) is 16.9. The predicted molar refractivity (Wildman–Crippen MR) is 120 cm³/mol. The molecule has 0 N–H and O–H groups in total. The van der Waals surface area contributed by atoms with E-state index in [2.05, 4.69) is 59.4 Å². The minimum absolute atomic E-state index is 0.159. The molecule has 2 aromatic carbocycles. The lowest BCUT2D eigenvalue weighted by Gasteiger charge is -2.25. The Hall–Kier alpha value is -3.77. The van der Waals surface area contributed by atoms with Crippen LogP contribution in [0.5, 0.6) is 0 Å². The zero-order chi connectivity index (χ0) is 20.8. The molecule has 0 saturated carbocycles. The summed E-state index contributed by atoms with van der Waals surface area (Å²) in [5.74, 6) is -0.534. The van der Waals surface area contributed by atoms with Crippen LogP contribution in [0.15, 0.2) is 97.6 Å². The Morgan fingerprint density at radius 2 is 1.53 bits per heavy atom. The van der Waals surface area contributed by atoms with Gasteiger partial charge in [0.1, 0.15) is 0 Å². The first kappa shape index (κ1) is 19.5. The van der Waals surface area contributed by atoms with Crippen molar-refractivity contribution in [2.24, 2.45) is 0 Å². The number of aromatic nitrogens is 2. The second-order valence-electron chi connectivity index (χ2n) is 7.30. The molecule has 0 bridgehead atoms. The summed E-state index contributed by atoms with van der Waals surface area (Å²) in [5.41, 5.74) is 6.56. The minimum Gasteiger partial charge on any atom is -0.264 e. The van der Waals surface area contributed by atoms with E-state index in [-0.39, 0.29) is 11.8 Å². The minimum atomic E-state index is -0.375. The lowest BCUT2D eigenvalue weighted by Crippen LogP contribution is -2.13. The van der Waals surface area contributed by atoms with Gasteiger partial charge in [0.2, 0.25) is 0 Å². The highest BCUT2D eigenvalue weighted by Gasteiger charge is 2.29. The Morgan fingerprint density at radius 3 is 2.13 bits per heavy atom. The Morgan fingerprint density at radius 1 is 0.833 bits per heavy atom. The van der Waals surface area contributed by atoms with Crippen LogP contribution in [0.3, 0.4) is 0 Å². The molecule has 0 spiro atoms. The van der Waals surface area contributed by atoms with Gasteiger partial charge in [-0.1, -0.05) is 67.6 Å². The van der Waals surface area contributed by atoms with E-state index in [1.54, 1.807) is 12.4 Å². The molecule has 2 heterocycles. The summed E-state index contributed by atoms with van der Waals surface area (Å²) >= 11 is 0. The monoisotopic (exact) mass is 389 g/mol. The van der Waals surface area contributed by atoms with Gasteiger partial charge in [-0.15, -0.1) is 0 Å². The fourth-order valence-corrected chi connectivity index (χ4v) is 4.01. The summed E-state index contributed by atoms with van der Waals surface area (Å²) in [4.78, 5) is 8.63. The van der Waals surface area contributed by atoms with E-state index in [0.717, 1.165) is 34.2 Å². The maximum atomic E-state index is 10.4. The van der Waals surface area contributed by atoms with Crippen LogP contribution in [0.1, 0.15) is 41.0 Å². The van der Waals surface area contributed by atoms with Gasteiger partial charge in [0.15, 0.2) is 0 Å². The third kappa shape index (κ3) is 3.99. The van der Waals surface area contributed by atoms with Crippen molar-refractivity contribution >= 4 is 0 Å². The van der Waals surface area contributed by atoms with E-state index in [0.29, 0.717) is 0 Å². The molecule has 0 aliphatic rings. The maximum absolute atomic E-state index is 10.4. The molecule has 3 heteroatoms. The molecule has 30 heavy (non-hydrogen) atoms. The summed E-state index contributed by atoms with van der Waals surface area (Å²) in [7, 11) is 0. The summed E-state index contributed by atoms with van der Waals surface area (Å²) in [6, 6.07) is 27.3. The first-order chi connectivity index (χ1) is 14.8. The summed E-state index contributed by atoms with van der Waals surface area (Å²) < 4.78 is 0. The number of aryl methyl sites for hydroxylation is 1. The smallest absolute Gasteiger partial charge is 0.0828 e. The number of pyridine rings is 2. The van der Waals surface area contributed by atoms with Gasteiger partial charge in [-0.3, -0.25) is 9.97 Å². The fraction of sp³-hybridized carbons (Fsp3) is 0.148. The van der Waals surface area contributed by atoms with Crippen LogP contribution < -0.4 is 0 Å².